The summed E-state index contributed by atoms with van der Waals surface area (Å²) >= 11 is 0. The molecular weight excluding hydrogens is 218 g/mol. The molecule has 1 heterocycles. The first-order chi connectivity index (χ1) is 8.15. The highest BCUT2D eigenvalue weighted by Gasteiger charge is 2.27. The summed E-state index contributed by atoms with van der Waals surface area (Å²) in [6, 6.07) is 0. The number of piperidine rings is 1. The molecule has 96 valence electrons. The topological polar surface area (TPSA) is 57.6 Å². The molecule has 0 spiro atoms. The zero-order valence-electron chi connectivity index (χ0n) is 10.2. The van der Waals surface area contributed by atoms with Crippen molar-refractivity contribution in [2.24, 2.45) is 11.8 Å². The van der Waals surface area contributed by atoms with E-state index in [2.05, 4.69) is 4.90 Å². The van der Waals surface area contributed by atoms with Crippen LogP contribution in [0.4, 0.5) is 0 Å². The molecule has 1 saturated carbocycles. The van der Waals surface area contributed by atoms with Gasteiger partial charge in [0.1, 0.15) is 5.78 Å². The van der Waals surface area contributed by atoms with Gasteiger partial charge in [0.15, 0.2) is 0 Å². The molecule has 1 aliphatic heterocycles. The summed E-state index contributed by atoms with van der Waals surface area (Å²) in [7, 11) is 0. The van der Waals surface area contributed by atoms with Crippen LogP contribution in [-0.4, -0.2) is 41.4 Å². The third-order valence-electron chi connectivity index (χ3n) is 4.13. The van der Waals surface area contributed by atoms with Gasteiger partial charge in [0.05, 0.1) is 5.92 Å². The van der Waals surface area contributed by atoms with E-state index < -0.39 is 5.97 Å². The first-order valence-corrected chi connectivity index (χ1v) is 6.62. The van der Waals surface area contributed by atoms with E-state index in [1.807, 2.05) is 0 Å². The molecule has 0 atom stereocenters. The number of aliphatic carboxylic acids is 1. The average molecular weight is 239 g/mol. The third kappa shape index (κ3) is 3.53. The Hall–Kier alpha value is -0.900. The lowest BCUT2D eigenvalue weighted by Crippen LogP contribution is -2.38. The number of hydrogen-bond donors (Lipinski definition) is 1. The molecule has 0 aromatic carbocycles. The largest absolute Gasteiger partial charge is 0.481 e. The molecule has 1 saturated heterocycles. The highest BCUT2D eigenvalue weighted by molar-refractivity contribution is 5.79. The third-order valence-corrected chi connectivity index (χ3v) is 4.13. The van der Waals surface area contributed by atoms with E-state index in [9.17, 15) is 9.59 Å². The minimum atomic E-state index is -0.632. The fraction of sp³-hybridized carbons (Fsp3) is 0.846. The molecule has 0 aromatic heterocycles. The van der Waals surface area contributed by atoms with E-state index in [1.165, 1.54) is 0 Å². The zero-order chi connectivity index (χ0) is 12.3. The van der Waals surface area contributed by atoms with Gasteiger partial charge >= 0.3 is 5.97 Å². The van der Waals surface area contributed by atoms with Gasteiger partial charge in [0.25, 0.3) is 0 Å². The zero-order valence-corrected chi connectivity index (χ0v) is 10.2. The molecular formula is C13H21NO3. The van der Waals surface area contributed by atoms with Crippen molar-refractivity contribution < 1.29 is 14.7 Å². The molecule has 0 unspecified atom stereocenters. The van der Waals surface area contributed by atoms with Crippen LogP contribution in [0, 0.1) is 11.8 Å². The van der Waals surface area contributed by atoms with Gasteiger partial charge in [0.2, 0.25) is 0 Å². The smallest absolute Gasteiger partial charge is 0.306 e. The summed E-state index contributed by atoms with van der Waals surface area (Å²) in [4.78, 5) is 24.3. The van der Waals surface area contributed by atoms with Crippen LogP contribution in [0.15, 0.2) is 0 Å². The standard InChI is InChI=1S/C13H21NO3/c15-12-5-7-14(8-6-12)9-10-1-3-11(4-2-10)13(16)17/h10-11H,1-9H2,(H,16,17). The Morgan fingerprint density at radius 1 is 1.18 bits per heavy atom. The first kappa shape index (κ1) is 12.6. The molecule has 1 aliphatic carbocycles. The summed E-state index contributed by atoms with van der Waals surface area (Å²) in [6.07, 6.45) is 5.11. The molecule has 4 nitrogen and oxygen atoms in total. The number of hydrogen-bond acceptors (Lipinski definition) is 3. The van der Waals surface area contributed by atoms with Crippen molar-refractivity contribution >= 4 is 11.8 Å². The lowest BCUT2D eigenvalue weighted by Gasteiger charge is -2.33. The maximum atomic E-state index is 11.1. The summed E-state index contributed by atoms with van der Waals surface area (Å²) in [5, 5.41) is 8.93. The number of likely N-dealkylation sites (tertiary alicyclic amines) is 1. The van der Waals surface area contributed by atoms with Gasteiger partial charge < -0.3 is 10.0 Å². The van der Waals surface area contributed by atoms with Crippen LogP contribution in [0.25, 0.3) is 0 Å². The van der Waals surface area contributed by atoms with Crippen LogP contribution in [0.2, 0.25) is 0 Å². The van der Waals surface area contributed by atoms with Crippen molar-refractivity contribution in [2.75, 3.05) is 19.6 Å². The van der Waals surface area contributed by atoms with Crippen LogP contribution in [0.1, 0.15) is 38.5 Å². The summed E-state index contributed by atoms with van der Waals surface area (Å²) in [6.45, 7) is 2.86. The quantitative estimate of drug-likeness (QED) is 0.811. The number of Topliss-reactive ketones (excluding diaryl/α,β-unsaturated/α-hetero) is 1. The fourth-order valence-electron chi connectivity index (χ4n) is 2.94. The van der Waals surface area contributed by atoms with E-state index in [4.69, 9.17) is 5.11 Å². The van der Waals surface area contributed by atoms with Gasteiger partial charge in [-0.25, -0.2) is 0 Å². The van der Waals surface area contributed by atoms with Gasteiger partial charge in [-0.2, -0.15) is 0 Å². The van der Waals surface area contributed by atoms with Gasteiger partial charge in [0, 0.05) is 32.5 Å². The molecule has 2 aliphatic rings. The highest BCUT2D eigenvalue weighted by atomic mass is 16.4. The maximum absolute atomic E-state index is 11.1. The van der Waals surface area contributed by atoms with E-state index in [-0.39, 0.29) is 5.92 Å². The molecule has 4 heteroatoms. The van der Waals surface area contributed by atoms with Gasteiger partial charge in [-0.15, -0.1) is 0 Å². The second-order valence-electron chi connectivity index (χ2n) is 5.40. The predicted molar refractivity (Wildman–Crippen MR) is 63.8 cm³/mol. The Balaban J connectivity index is 1.71. The van der Waals surface area contributed by atoms with Crippen LogP contribution in [0.3, 0.4) is 0 Å². The normalized spacial score (nSPS) is 31.4. The number of carboxylic acids is 1. The average Bonchev–Trinajstić information content (AvgIpc) is 2.33. The van der Waals surface area contributed by atoms with Crippen LogP contribution >= 0.6 is 0 Å². The SMILES string of the molecule is O=C1CCN(CC2CCC(C(=O)O)CC2)CC1. The van der Waals surface area contributed by atoms with Crippen LogP contribution in [-0.2, 0) is 9.59 Å². The summed E-state index contributed by atoms with van der Waals surface area (Å²) in [5.74, 6) is 0.274. The molecule has 0 radical (unpaired) electrons. The maximum Gasteiger partial charge on any atom is 0.306 e. The van der Waals surface area contributed by atoms with Crippen molar-refractivity contribution in [3.8, 4) is 0 Å². The summed E-state index contributed by atoms with van der Waals surface area (Å²) in [5.41, 5.74) is 0. The number of carbonyl (C=O) groups excluding carboxylic acids is 1. The van der Waals surface area contributed by atoms with E-state index in [0.29, 0.717) is 24.5 Å². The molecule has 0 aromatic rings. The number of nitrogens with zero attached hydrogens (tertiary/aromatic N) is 1. The molecule has 0 bridgehead atoms. The van der Waals surface area contributed by atoms with Crippen LogP contribution in [0.5, 0.6) is 0 Å². The number of ketones is 1. The predicted octanol–water partition coefficient (Wildman–Crippen LogP) is 1.54. The second kappa shape index (κ2) is 5.63. The molecule has 2 fully saturated rings. The van der Waals surface area contributed by atoms with Crippen molar-refractivity contribution in [1.82, 2.24) is 4.90 Å². The Labute approximate surface area is 102 Å². The Bertz CT molecular complexity index is 285. The second-order valence-corrected chi connectivity index (χ2v) is 5.40. The molecule has 1 N–H and O–H groups in total. The Morgan fingerprint density at radius 3 is 2.29 bits per heavy atom. The monoisotopic (exact) mass is 239 g/mol. The van der Waals surface area contributed by atoms with Crippen molar-refractivity contribution in [3.05, 3.63) is 0 Å². The minimum absolute atomic E-state index is 0.116. The molecule has 0 amide bonds. The minimum Gasteiger partial charge on any atom is -0.481 e. The fourth-order valence-corrected chi connectivity index (χ4v) is 2.94. The first-order valence-electron chi connectivity index (χ1n) is 6.62. The van der Waals surface area contributed by atoms with Crippen molar-refractivity contribution in [1.29, 1.82) is 0 Å². The van der Waals surface area contributed by atoms with Gasteiger partial charge in [-0.1, -0.05) is 0 Å². The Kier molecular flexibility index (Phi) is 4.15. The van der Waals surface area contributed by atoms with E-state index >= 15 is 0 Å². The lowest BCUT2D eigenvalue weighted by atomic mass is 9.81. The van der Waals surface area contributed by atoms with Crippen molar-refractivity contribution in [2.45, 2.75) is 38.5 Å². The van der Waals surface area contributed by atoms with E-state index in [0.717, 1.165) is 45.3 Å². The van der Waals surface area contributed by atoms with Crippen molar-refractivity contribution in [3.63, 3.8) is 0 Å². The van der Waals surface area contributed by atoms with Gasteiger partial charge in [-0.3, -0.25) is 9.59 Å². The van der Waals surface area contributed by atoms with E-state index in [1.54, 1.807) is 0 Å². The van der Waals surface area contributed by atoms with Gasteiger partial charge in [-0.05, 0) is 31.6 Å². The summed E-state index contributed by atoms with van der Waals surface area (Å²) < 4.78 is 0. The number of rotatable bonds is 3. The highest BCUT2D eigenvalue weighted by Crippen LogP contribution is 2.29. The molecule has 2 rings (SSSR count). The Morgan fingerprint density at radius 2 is 1.76 bits per heavy atom. The lowest BCUT2D eigenvalue weighted by molar-refractivity contribution is -0.143. The van der Waals surface area contributed by atoms with Crippen LogP contribution < -0.4 is 0 Å². The number of carbonyl (C=O) groups is 2. The molecule has 17 heavy (non-hydrogen) atoms. The number of carboxylic acid groups (broad SMARTS) is 1.